The van der Waals surface area contributed by atoms with Crippen LogP contribution in [0.25, 0.3) is 0 Å². The van der Waals surface area contributed by atoms with E-state index in [4.69, 9.17) is 13.7 Å². The average Bonchev–Trinajstić information content (AvgIpc) is 2.79. The van der Waals surface area contributed by atoms with Gasteiger partial charge in [-0.25, -0.2) is 0 Å². The lowest BCUT2D eigenvalue weighted by molar-refractivity contribution is 0.284. The van der Waals surface area contributed by atoms with E-state index >= 15 is 0 Å². The number of anilines is 1. The molecule has 32 heavy (non-hydrogen) atoms. The Labute approximate surface area is 195 Å². The number of hydrogen-bond acceptors (Lipinski definition) is 5. The van der Waals surface area contributed by atoms with E-state index in [2.05, 4.69) is 11.6 Å². The molecule has 0 amide bonds. The fourth-order valence-electron chi connectivity index (χ4n) is 3.32. The van der Waals surface area contributed by atoms with Gasteiger partial charge in [-0.2, -0.15) is 4.21 Å². The van der Waals surface area contributed by atoms with Crippen LogP contribution in [0.4, 0.5) is 5.69 Å². The molecule has 1 unspecified atom stereocenters. The van der Waals surface area contributed by atoms with Gasteiger partial charge < -0.3 is 18.8 Å². The van der Waals surface area contributed by atoms with Gasteiger partial charge >= 0.3 is 11.3 Å². The summed E-state index contributed by atoms with van der Waals surface area (Å²) < 4.78 is 31.6. The zero-order valence-electron chi connectivity index (χ0n) is 19.3. The largest absolute Gasteiger partial charge is 0.508 e. The summed E-state index contributed by atoms with van der Waals surface area (Å²) in [7, 11) is 1.57. The first-order valence-corrected chi connectivity index (χ1v) is 12.7. The molecule has 0 saturated heterocycles. The summed E-state index contributed by atoms with van der Waals surface area (Å²) in [6.07, 6.45) is 12.8. The molecule has 0 aliphatic rings. The molecule has 0 aliphatic carbocycles. The predicted octanol–water partition coefficient (Wildman–Crippen LogP) is 6.77. The minimum Gasteiger partial charge on any atom is -0.508 e. The van der Waals surface area contributed by atoms with Gasteiger partial charge in [0.1, 0.15) is 11.5 Å². The Morgan fingerprint density at radius 1 is 0.844 bits per heavy atom. The molecule has 0 saturated carbocycles. The van der Waals surface area contributed by atoms with Gasteiger partial charge in [-0.05, 0) is 42.8 Å². The Morgan fingerprint density at radius 2 is 1.47 bits per heavy atom. The first kappa shape index (κ1) is 25.8. The summed E-state index contributed by atoms with van der Waals surface area (Å²) in [5, 5.41) is 9.31. The summed E-state index contributed by atoms with van der Waals surface area (Å²) in [5.41, 5.74) is 0.574. The van der Waals surface area contributed by atoms with E-state index in [0.29, 0.717) is 29.5 Å². The van der Waals surface area contributed by atoms with Crippen LogP contribution < -0.4 is 18.4 Å². The van der Waals surface area contributed by atoms with E-state index in [-0.39, 0.29) is 5.75 Å². The molecular formula is C25H37NO5S. The van der Waals surface area contributed by atoms with Crippen LogP contribution in [0.5, 0.6) is 23.0 Å². The molecule has 1 atom stereocenters. The molecule has 0 bridgehead atoms. The van der Waals surface area contributed by atoms with Crippen molar-refractivity contribution >= 4 is 17.0 Å². The van der Waals surface area contributed by atoms with E-state index in [1.165, 1.54) is 69.9 Å². The summed E-state index contributed by atoms with van der Waals surface area (Å²) in [6, 6.07) is 11.4. The molecule has 2 aromatic rings. The van der Waals surface area contributed by atoms with Gasteiger partial charge in [-0.1, -0.05) is 64.7 Å². The lowest BCUT2D eigenvalue weighted by Gasteiger charge is -2.13. The van der Waals surface area contributed by atoms with Crippen LogP contribution in [-0.4, -0.2) is 23.0 Å². The van der Waals surface area contributed by atoms with Gasteiger partial charge in [0.05, 0.1) is 13.7 Å². The number of nitrogens with one attached hydrogen (secondary N) is 1. The average molecular weight is 464 g/mol. The van der Waals surface area contributed by atoms with Crippen LogP contribution in [0, 0.1) is 0 Å². The maximum atomic E-state index is 12.2. The lowest BCUT2D eigenvalue weighted by Crippen LogP contribution is -2.11. The van der Waals surface area contributed by atoms with E-state index in [1.54, 1.807) is 37.4 Å². The number of hydrogen-bond donors (Lipinski definition) is 2. The second-order valence-corrected chi connectivity index (χ2v) is 8.65. The molecule has 6 nitrogen and oxygen atoms in total. The van der Waals surface area contributed by atoms with Gasteiger partial charge in [0.2, 0.25) is 0 Å². The molecule has 2 aromatic carbocycles. The Kier molecular flexibility index (Phi) is 12.4. The second kappa shape index (κ2) is 15.4. The lowest BCUT2D eigenvalue weighted by atomic mass is 10.1. The van der Waals surface area contributed by atoms with E-state index in [1.807, 2.05) is 0 Å². The van der Waals surface area contributed by atoms with Crippen molar-refractivity contribution in [3.05, 3.63) is 42.5 Å². The van der Waals surface area contributed by atoms with Crippen molar-refractivity contribution < 1.29 is 23.0 Å². The quantitative estimate of drug-likeness (QED) is 0.200. The van der Waals surface area contributed by atoms with E-state index in [9.17, 15) is 9.32 Å². The number of phenols is 1. The summed E-state index contributed by atoms with van der Waals surface area (Å²) in [6.45, 7) is 2.89. The van der Waals surface area contributed by atoms with Crippen LogP contribution in [0.2, 0.25) is 0 Å². The maximum Gasteiger partial charge on any atom is 0.316 e. The summed E-state index contributed by atoms with van der Waals surface area (Å²) >= 11 is -1.79. The number of benzene rings is 2. The summed E-state index contributed by atoms with van der Waals surface area (Å²) in [4.78, 5) is 0. The molecule has 0 aromatic heterocycles. The van der Waals surface area contributed by atoms with Crippen molar-refractivity contribution in [1.82, 2.24) is 0 Å². The number of ether oxygens (including phenoxy) is 2. The molecular weight excluding hydrogens is 426 g/mol. The van der Waals surface area contributed by atoms with Gasteiger partial charge in [-0.3, -0.25) is 4.72 Å². The highest BCUT2D eigenvalue weighted by atomic mass is 32.2. The standard InChI is InChI=1S/C25H37NO5S/c1-3-4-5-6-7-8-9-10-11-12-19-30-24-18-17-23(20-25(24)29-2)31-32(28)26-21-13-15-22(27)16-14-21/h13-18,20,26-27H,3-12,19H2,1-2H3. The Balaban J connectivity index is 1.67. The smallest absolute Gasteiger partial charge is 0.316 e. The van der Waals surface area contributed by atoms with Crippen molar-refractivity contribution in [3.8, 4) is 23.0 Å². The third-order valence-electron chi connectivity index (χ3n) is 5.13. The molecule has 7 heteroatoms. The first-order valence-electron chi connectivity index (χ1n) is 11.6. The number of aromatic hydroxyl groups is 1. The zero-order chi connectivity index (χ0) is 23.0. The highest BCUT2D eigenvalue weighted by molar-refractivity contribution is 7.81. The van der Waals surface area contributed by atoms with Crippen molar-refractivity contribution in [1.29, 1.82) is 0 Å². The van der Waals surface area contributed by atoms with Gasteiger partial charge in [0.15, 0.2) is 11.5 Å². The van der Waals surface area contributed by atoms with Crippen LogP contribution in [0.3, 0.4) is 0 Å². The topological polar surface area (TPSA) is 77.0 Å². The number of rotatable bonds is 17. The second-order valence-electron chi connectivity index (χ2n) is 7.81. The van der Waals surface area contributed by atoms with Crippen molar-refractivity contribution in [2.45, 2.75) is 71.1 Å². The Hall–Kier alpha value is -2.41. The van der Waals surface area contributed by atoms with Crippen LogP contribution in [0.1, 0.15) is 71.1 Å². The van der Waals surface area contributed by atoms with E-state index < -0.39 is 11.3 Å². The van der Waals surface area contributed by atoms with Crippen LogP contribution in [0.15, 0.2) is 42.5 Å². The molecule has 2 N–H and O–H groups in total. The zero-order valence-corrected chi connectivity index (χ0v) is 20.1. The highest BCUT2D eigenvalue weighted by Gasteiger charge is 2.10. The van der Waals surface area contributed by atoms with Crippen LogP contribution >= 0.6 is 0 Å². The molecule has 0 heterocycles. The van der Waals surface area contributed by atoms with Gasteiger partial charge in [-0.15, -0.1) is 0 Å². The third kappa shape index (κ3) is 10.3. The highest BCUT2D eigenvalue weighted by Crippen LogP contribution is 2.32. The van der Waals surface area contributed by atoms with Gasteiger partial charge in [0.25, 0.3) is 0 Å². The van der Waals surface area contributed by atoms with Crippen molar-refractivity contribution in [2.75, 3.05) is 18.4 Å². The Bertz CT molecular complexity index is 797. The predicted molar refractivity (Wildman–Crippen MR) is 131 cm³/mol. The molecule has 178 valence electrons. The number of phenolic OH excluding ortho intramolecular Hbond substituents is 1. The first-order chi connectivity index (χ1) is 15.6. The summed E-state index contributed by atoms with van der Waals surface area (Å²) in [5.74, 6) is 1.72. The minimum absolute atomic E-state index is 0.139. The van der Waals surface area contributed by atoms with Gasteiger partial charge in [0, 0.05) is 11.8 Å². The monoisotopic (exact) mass is 463 g/mol. The third-order valence-corrected chi connectivity index (χ3v) is 5.88. The van der Waals surface area contributed by atoms with E-state index in [0.717, 1.165) is 6.42 Å². The van der Waals surface area contributed by atoms with Crippen LogP contribution in [-0.2, 0) is 11.3 Å². The number of methoxy groups -OCH3 is 1. The molecule has 0 spiro atoms. The SMILES string of the molecule is CCCCCCCCCCCCOc1ccc(OS(=O)Nc2ccc(O)cc2)cc1OC. The molecule has 0 aliphatic heterocycles. The fraction of sp³-hybridized carbons (Fsp3) is 0.520. The molecule has 2 rings (SSSR count). The number of unbranched alkanes of at least 4 members (excludes halogenated alkanes) is 9. The van der Waals surface area contributed by atoms with Crippen molar-refractivity contribution in [2.24, 2.45) is 0 Å². The minimum atomic E-state index is -1.79. The Morgan fingerprint density at radius 3 is 2.09 bits per heavy atom. The molecule has 0 radical (unpaired) electrons. The normalized spacial score (nSPS) is 11.7. The van der Waals surface area contributed by atoms with Crippen molar-refractivity contribution in [3.63, 3.8) is 0 Å². The fourth-order valence-corrected chi connectivity index (χ4v) is 3.97. The molecule has 0 fully saturated rings. The maximum absolute atomic E-state index is 12.2.